The van der Waals surface area contributed by atoms with Gasteiger partial charge in [-0.1, -0.05) is 0 Å². The molecule has 5 rings (SSSR count). The van der Waals surface area contributed by atoms with Crippen LogP contribution in [0.25, 0.3) is 28.6 Å². The molecule has 2 aromatic carbocycles. The molecule has 2 aromatic heterocycles. The minimum Gasteiger partial charge on any atom is -0.453 e. The number of hydrogen-bond acceptors (Lipinski definition) is 5. The average molecular weight is 463 g/mol. The second kappa shape index (κ2) is 8.72. The van der Waals surface area contributed by atoms with Crippen molar-refractivity contribution >= 4 is 5.69 Å². The molecule has 1 N–H and O–H groups in total. The molecule has 4 aromatic rings. The lowest BCUT2D eigenvalue weighted by atomic mass is 10.1. The molecule has 0 aliphatic carbocycles. The van der Waals surface area contributed by atoms with Crippen LogP contribution in [-0.2, 0) is 6.18 Å². The molecule has 0 atom stereocenters. The first kappa shape index (κ1) is 21.8. The van der Waals surface area contributed by atoms with Crippen molar-refractivity contribution in [3.8, 4) is 34.7 Å². The van der Waals surface area contributed by atoms with E-state index in [1.807, 2.05) is 4.90 Å². The van der Waals surface area contributed by atoms with Gasteiger partial charge >= 0.3 is 6.18 Å². The van der Waals surface area contributed by atoms with Crippen LogP contribution in [0.1, 0.15) is 11.1 Å². The van der Waals surface area contributed by atoms with Gasteiger partial charge in [0.15, 0.2) is 11.6 Å². The maximum absolute atomic E-state index is 14.1. The molecule has 0 unspecified atom stereocenters. The fraction of sp³-hybridized carbons (Fsp3) is 0.200. The minimum absolute atomic E-state index is 0.0183. The summed E-state index contributed by atoms with van der Waals surface area (Å²) in [5.41, 5.74) is 1.06. The first-order valence-corrected chi connectivity index (χ1v) is 10.8. The number of rotatable bonds is 4. The first-order chi connectivity index (χ1) is 16.4. The Hall–Kier alpha value is -4.03. The topological polar surface area (TPSA) is 70.0 Å². The van der Waals surface area contributed by atoms with Crippen LogP contribution in [-0.4, -0.2) is 35.7 Å². The van der Waals surface area contributed by atoms with Gasteiger partial charge in [0.25, 0.3) is 0 Å². The Labute approximate surface area is 193 Å². The molecular formula is C25H20F3N5O. The molecular weight excluding hydrogens is 443 g/mol. The number of benzene rings is 2. The molecule has 0 bridgehead atoms. The molecule has 0 radical (unpaired) electrons. The maximum Gasteiger partial charge on any atom is 0.418 e. The predicted molar refractivity (Wildman–Crippen MR) is 122 cm³/mol. The lowest BCUT2D eigenvalue weighted by Gasteiger charge is -2.30. The third-order valence-electron chi connectivity index (χ3n) is 5.79. The van der Waals surface area contributed by atoms with Gasteiger partial charge in [0.05, 0.1) is 22.9 Å². The normalized spacial score (nSPS) is 14.2. The van der Waals surface area contributed by atoms with E-state index in [9.17, 15) is 13.2 Å². The van der Waals surface area contributed by atoms with Crippen molar-refractivity contribution in [1.82, 2.24) is 14.9 Å². The van der Waals surface area contributed by atoms with Gasteiger partial charge in [-0.15, -0.1) is 0 Å². The van der Waals surface area contributed by atoms with Crippen molar-refractivity contribution in [1.29, 1.82) is 5.26 Å². The van der Waals surface area contributed by atoms with Crippen LogP contribution in [0.4, 0.5) is 18.9 Å². The lowest BCUT2D eigenvalue weighted by molar-refractivity contribution is -0.137. The minimum atomic E-state index is -4.54. The molecule has 0 saturated carbocycles. The number of halogens is 3. The smallest absolute Gasteiger partial charge is 0.418 e. The van der Waals surface area contributed by atoms with Crippen LogP contribution in [0.3, 0.4) is 0 Å². The van der Waals surface area contributed by atoms with E-state index in [1.165, 1.54) is 29.1 Å². The third kappa shape index (κ3) is 4.16. The highest BCUT2D eigenvalue weighted by Gasteiger charge is 2.35. The SMILES string of the molecule is N#Cc1ccc(-c2ccc(-c3nccn3-c3ccc(N4CCNCC4)cc3C(F)(F)F)o2)cc1. The van der Waals surface area contributed by atoms with Crippen LogP contribution in [0.5, 0.6) is 0 Å². The summed E-state index contributed by atoms with van der Waals surface area (Å²) in [7, 11) is 0. The van der Waals surface area contributed by atoms with E-state index in [4.69, 9.17) is 9.68 Å². The monoisotopic (exact) mass is 463 g/mol. The summed E-state index contributed by atoms with van der Waals surface area (Å²) < 4.78 is 49.6. The van der Waals surface area contributed by atoms with Crippen molar-refractivity contribution in [2.75, 3.05) is 31.1 Å². The van der Waals surface area contributed by atoms with Gasteiger partial charge in [0.1, 0.15) is 5.76 Å². The molecule has 1 saturated heterocycles. The van der Waals surface area contributed by atoms with Gasteiger partial charge in [-0.25, -0.2) is 4.98 Å². The van der Waals surface area contributed by atoms with Gasteiger partial charge in [-0.05, 0) is 54.6 Å². The standard InChI is InChI=1S/C25H20F3N5O/c26-25(27,28)20-15-19(32-12-9-30-10-13-32)5-6-21(20)33-14-11-31-24(33)23-8-7-22(34-23)18-3-1-17(16-29)2-4-18/h1-8,11,14-15,30H,9-10,12-13H2. The fourth-order valence-corrected chi connectivity index (χ4v) is 4.08. The summed E-state index contributed by atoms with van der Waals surface area (Å²) in [6.45, 7) is 2.76. The summed E-state index contributed by atoms with van der Waals surface area (Å²) >= 11 is 0. The molecule has 1 aliphatic rings. The lowest BCUT2D eigenvalue weighted by Crippen LogP contribution is -2.43. The average Bonchev–Trinajstić information content (AvgIpc) is 3.54. The number of furan rings is 1. The number of nitrogens with one attached hydrogen (secondary N) is 1. The van der Waals surface area contributed by atoms with E-state index < -0.39 is 11.7 Å². The van der Waals surface area contributed by atoms with Crippen LogP contribution < -0.4 is 10.2 Å². The predicted octanol–water partition coefficient (Wildman–Crippen LogP) is 5.10. The van der Waals surface area contributed by atoms with Gasteiger partial charge < -0.3 is 14.6 Å². The Balaban J connectivity index is 1.53. The van der Waals surface area contributed by atoms with Crippen LogP contribution in [0.15, 0.2) is 71.4 Å². The molecule has 34 heavy (non-hydrogen) atoms. The van der Waals surface area contributed by atoms with Gasteiger partial charge in [-0.2, -0.15) is 18.4 Å². The van der Waals surface area contributed by atoms with Gasteiger partial charge in [0.2, 0.25) is 0 Å². The largest absolute Gasteiger partial charge is 0.453 e. The van der Waals surface area contributed by atoms with Crippen molar-refractivity contribution in [2.45, 2.75) is 6.18 Å². The highest BCUT2D eigenvalue weighted by atomic mass is 19.4. The molecule has 3 heterocycles. The molecule has 9 heteroatoms. The van der Waals surface area contributed by atoms with Crippen LogP contribution in [0, 0.1) is 11.3 Å². The molecule has 0 amide bonds. The zero-order valence-electron chi connectivity index (χ0n) is 18.0. The van der Waals surface area contributed by atoms with E-state index in [0.29, 0.717) is 35.9 Å². The van der Waals surface area contributed by atoms with E-state index in [2.05, 4.69) is 16.4 Å². The summed E-state index contributed by atoms with van der Waals surface area (Å²) in [6, 6.07) is 16.7. The number of nitriles is 1. The van der Waals surface area contributed by atoms with Gasteiger partial charge in [0, 0.05) is 49.8 Å². The second-order valence-corrected chi connectivity index (χ2v) is 7.91. The quantitative estimate of drug-likeness (QED) is 0.456. The van der Waals surface area contributed by atoms with Crippen LogP contribution in [0.2, 0.25) is 0 Å². The Morgan fingerprint density at radius 3 is 2.41 bits per heavy atom. The number of anilines is 1. The van der Waals surface area contributed by atoms with Gasteiger partial charge in [-0.3, -0.25) is 4.57 Å². The number of hydrogen-bond donors (Lipinski definition) is 1. The van der Waals surface area contributed by atoms with E-state index in [1.54, 1.807) is 42.5 Å². The van der Waals surface area contributed by atoms with Crippen molar-refractivity contribution in [2.24, 2.45) is 0 Å². The molecule has 0 spiro atoms. The van der Waals surface area contributed by atoms with E-state index in [0.717, 1.165) is 18.7 Å². The molecule has 1 fully saturated rings. The summed E-state index contributed by atoms with van der Waals surface area (Å²) in [6.07, 6.45) is -1.60. The Morgan fingerprint density at radius 2 is 1.71 bits per heavy atom. The Bertz CT molecular complexity index is 1340. The van der Waals surface area contributed by atoms with Crippen LogP contribution >= 0.6 is 0 Å². The molecule has 1 aliphatic heterocycles. The summed E-state index contributed by atoms with van der Waals surface area (Å²) in [5.74, 6) is 1.13. The summed E-state index contributed by atoms with van der Waals surface area (Å²) in [4.78, 5) is 6.22. The Morgan fingerprint density at radius 1 is 0.971 bits per heavy atom. The molecule has 172 valence electrons. The number of piperazine rings is 1. The number of alkyl halides is 3. The zero-order chi connectivity index (χ0) is 23.7. The number of nitrogens with zero attached hydrogens (tertiary/aromatic N) is 4. The third-order valence-corrected chi connectivity index (χ3v) is 5.79. The van der Waals surface area contributed by atoms with Crippen molar-refractivity contribution < 1.29 is 17.6 Å². The number of imidazole rings is 1. The molecule has 6 nitrogen and oxygen atoms in total. The highest BCUT2D eigenvalue weighted by Crippen LogP contribution is 2.38. The fourth-order valence-electron chi connectivity index (χ4n) is 4.08. The maximum atomic E-state index is 14.1. The highest BCUT2D eigenvalue weighted by molar-refractivity contribution is 5.65. The zero-order valence-corrected chi connectivity index (χ0v) is 18.0. The summed E-state index contributed by atoms with van der Waals surface area (Å²) in [5, 5.41) is 12.2. The Kier molecular flexibility index (Phi) is 5.59. The van der Waals surface area contributed by atoms with Crippen molar-refractivity contribution in [3.63, 3.8) is 0 Å². The number of aromatic nitrogens is 2. The van der Waals surface area contributed by atoms with Crippen molar-refractivity contribution in [3.05, 3.63) is 78.1 Å². The second-order valence-electron chi connectivity index (χ2n) is 7.91. The van der Waals surface area contributed by atoms with E-state index >= 15 is 0 Å². The van der Waals surface area contributed by atoms with E-state index in [-0.39, 0.29) is 11.5 Å². The first-order valence-electron chi connectivity index (χ1n) is 10.8.